The first-order chi connectivity index (χ1) is 7.15. The summed E-state index contributed by atoms with van der Waals surface area (Å²) in [5.74, 6) is 0.815. The zero-order valence-electron chi connectivity index (χ0n) is 11.2. The highest BCUT2D eigenvalue weighted by atomic mass is 16.5. The fraction of sp³-hybridized carbons (Fsp3) is 1.00. The third-order valence-corrected chi connectivity index (χ3v) is 2.99. The van der Waals surface area contributed by atoms with Crippen LogP contribution in [0, 0.1) is 5.92 Å². The lowest BCUT2D eigenvalue weighted by molar-refractivity contribution is 0.0595. The zero-order chi connectivity index (χ0) is 11.7. The van der Waals surface area contributed by atoms with E-state index in [1.54, 1.807) is 0 Å². The second-order valence-electron chi connectivity index (χ2n) is 4.78. The molecule has 15 heavy (non-hydrogen) atoms. The summed E-state index contributed by atoms with van der Waals surface area (Å²) in [4.78, 5) is 0. The summed E-state index contributed by atoms with van der Waals surface area (Å²) in [6.45, 7) is 6.79. The van der Waals surface area contributed by atoms with Crippen LogP contribution < -0.4 is 5.32 Å². The van der Waals surface area contributed by atoms with E-state index in [2.05, 4.69) is 26.1 Å². The first-order valence-corrected chi connectivity index (χ1v) is 6.35. The lowest BCUT2D eigenvalue weighted by atomic mass is 9.98. The van der Waals surface area contributed by atoms with Gasteiger partial charge in [0.1, 0.15) is 0 Å². The average molecular weight is 215 g/mol. The van der Waals surface area contributed by atoms with Gasteiger partial charge in [0, 0.05) is 13.2 Å². The van der Waals surface area contributed by atoms with E-state index in [9.17, 15) is 0 Å². The molecule has 2 unspecified atom stereocenters. The number of methoxy groups -OCH3 is 1. The van der Waals surface area contributed by atoms with E-state index in [0.717, 1.165) is 12.3 Å². The quantitative estimate of drug-likeness (QED) is 0.637. The van der Waals surface area contributed by atoms with E-state index >= 15 is 0 Å². The Kier molecular flexibility index (Phi) is 9.12. The molecule has 0 amide bonds. The van der Waals surface area contributed by atoms with Crippen LogP contribution in [0.4, 0.5) is 0 Å². The highest BCUT2D eigenvalue weighted by Gasteiger charge is 2.18. The van der Waals surface area contributed by atoms with Crippen LogP contribution in [0.15, 0.2) is 0 Å². The van der Waals surface area contributed by atoms with Gasteiger partial charge in [-0.3, -0.25) is 0 Å². The van der Waals surface area contributed by atoms with Crippen molar-refractivity contribution in [2.24, 2.45) is 5.92 Å². The van der Waals surface area contributed by atoms with E-state index in [1.165, 1.54) is 25.7 Å². The Morgan fingerprint density at radius 2 is 1.80 bits per heavy atom. The number of rotatable bonds is 9. The van der Waals surface area contributed by atoms with Crippen molar-refractivity contribution in [3.63, 3.8) is 0 Å². The molecule has 0 aromatic rings. The van der Waals surface area contributed by atoms with Crippen molar-refractivity contribution in [2.75, 3.05) is 14.2 Å². The number of hydrogen-bond acceptors (Lipinski definition) is 2. The standard InChI is InChI=1S/C13H29NO/c1-6-8-13(15-5)12(14-4)10-7-9-11(2)3/h11-14H,6-10H2,1-5H3. The normalized spacial score (nSPS) is 15.6. The summed E-state index contributed by atoms with van der Waals surface area (Å²) in [5.41, 5.74) is 0. The van der Waals surface area contributed by atoms with Crippen molar-refractivity contribution in [2.45, 2.75) is 65.0 Å². The van der Waals surface area contributed by atoms with Crippen LogP contribution in [-0.4, -0.2) is 26.3 Å². The second-order valence-corrected chi connectivity index (χ2v) is 4.78. The lowest BCUT2D eigenvalue weighted by Gasteiger charge is -2.25. The van der Waals surface area contributed by atoms with Crippen molar-refractivity contribution in [3.05, 3.63) is 0 Å². The summed E-state index contributed by atoms with van der Waals surface area (Å²) in [5, 5.41) is 3.39. The van der Waals surface area contributed by atoms with E-state index < -0.39 is 0 Å². The third-order valence-electron chi connectivity index (χ3n) is 2.99. The molecule has 2 atom stereocenters. The molecule has 0 rings (SSSR count). The van der Waals surface area contributed by atoms with Crippen molar-refractivity contribution >= 4 is 0 Å². The lowest BCUT2D eigenvalue weighted by Crippen LogP contribution is -2.38. The maximum absolute atomic E-state index is 5.54. The van der Waals surface area contributed by atoms with Crippen molar-refractivity contribution in [1.82, 2.24) is 5.32 Å². The SMILES string of the molecule is CCCC(OC)C(CCCC(C)C)NC. The molecule has 0 spiro atoms. The molecular weight excluding hydrogens is 186 g/mol. The first kappa shape index (κ1) is 14.9. The van der Waals surface area contributed by atoms with E-state index in [0.29, 0.717) is 12.1 Å². The minimum Gasteiger partial charge on any atom is -0.380 e. The highest BCUT2D eigenvalue weighted by Crippen LogP contribution is 2.14. The van der Waals surface area contributed by atoms with Crippen molar-refractivity contribution in [1.29, 1.82) is 0 Å². The van der Waals surface area contributed by atoms with Crippen LogP contribution in [0.25, 0.3) is 0 Å². The van der Waals surface area contributed by atoms with Gasteiger partial charge in [-0.15, -0.1) is 0 Å². The summed E-state index contributed by atoms with van der Waals surface area (Å²) >= 11 is 0. The highest BCUT2D eigenvalue weighted by molar-refractivity contribution is 4.75. The van der Waals surface area contributed by atoms with Gasteiger partial charge in [0.05, 0.1) is 6.10 Å². The molecule has 0 aliphatic rings. The molecule has 0 bridgehead atoms. The monoisotopic (exact) mass is 215 g/mol. The Balaban J connectivity index is 3.86. The average Bonchev–Trinajstić information content (AvgIpc) is 2.21. The van der Waals surface area contributed by atoms with Gasteiger partial charge in [0.2, 0.25) is 0 Å². The molecule has 0 saturated heterocycles. The molecule has 0 saturated carbocycles. The third kappa shape index (κ3) is 6.91. The molecule has 0 fully saturated rings. The van der Waals surface area contributed by atoms with Crippen LogP contribution in [0.5, 0.6) is 0 Å². The second kappa shape index (κ2) is 9.17. The predicted octanol–water partition coefficient (Wildman–Crippen LogP) is 3.22. The van der Waals surface area contributed by atoms with Gasteiger partial charge < -0.3 is 10.1 Å². The van der Waals surface area contributed by atoms with Gasteiger partial charge in [0.15, 0.2) is 0 Å². The molecule has 92 valence electrons. The van der Waals surface area contributed by atoms with Crippen LogP contribution in [0.2, 0.25) is 0 Å². The number of hydrogen-bond donors (Lipinski definition) is 1. The molecule has 0 aliphatic heterocycles. The molecule has 0 heterocycles. The number of likely N-dealkylation sites (N-methyl/N-ethyl adjacent to an activating group) is 1. The van der Waals surface area contributed by atoms with Gasteiger partial charge in [-0.1, -0.05) is 40.0 Å². The van der Waals surface area contributed by atoms with Gasteiger partial charge in [-0.25, -0.2) is 0 Å². The summed E-state index contributed by atoms with van der Waals surface area (Å²) in [6, 6.07) is 0.522. The topological polar surface area (TPSA) is 21.3 Å². The summed E-state index contributed by atoms with van der Waals surface area (Å²) in [7, 11) is 3.87. The zero-order valence-corrected chi connectivity index (χ0v) is 11.2. The van der Waals surface area contributed by atoms with Crippen LogP contribution >= 0.6 is 0 Å². The number of ether oxygens (including phenoxy) is 1. The molecule has 0 radical (unpaired) electrons. The largest absolute Gasteiger partial charge is 0.380 e. The minimum atomic E-state index is 0.382. The van der Waals surface area contributed by atoms with Gasteiger partial charge >= 0.3 is 0 Å². The Morgan fingerprint density at radius 1 is 1.13 bits per heavy atom. The van der Waals surface area contributed by atoms with Crippen LogP contribution in [0.3, 0.4) is 0 Å². The van der Waals surface area contributed by atoms with Gasteiger partial charge in [-0.05, 0) is 25.8 Å². The first-order valence-electron chi connectivity index (χ1n) is 6.35. The Bertz CT molecular complexity index is 136. The van der Waals surface area contributed by atoms with E-state index in [-0.39, 0.29) is 0 Å². The maximum atomic E-state index is 5.54. The van der Waals surface area contributed by atoms with Gasteiger partial charge in [0.25, 0.3) is 0 Å². The van der Waals surface area contributed by atoms with E-state index in [1.807, 2.05) is 14.2 Å². The minimum absolute atomic E-state index is 0.382. The fourth-order valence-electron chi connectivity index (χ4n) is 2.03. The predicted molar refractivity (Wildman–Crippen MR) is 67.2 cm³/mol. The Morgan fingerprint density at radius 3 is 2.20 bits per heavy atom. The van der Waals surface area contributed by atoms with Gasteiger partial charge in [-0.2, -0.15) is 0 Å². The molecule has 2 nitrogen and oxygen atoms in total. The van der Waals surface area contributed by atoms with E-state index in [4.69, 9.17) is 4.74 Å². The van der Waals surface area contributed by atoms with Crippen molar-refractivity contribution < 1.29 is 4.74 Å². The summed E-state index contributed by atoms with van der Waals surface area (Å²) in [6.07, 6.45) is 6.58. The number of nitrogens with one attached hydrogen (secondary N) is 1. The van der Waals surface area contributed by atoms with Crippen molar-refractivity contribution in [3.8, 4) is 0 Å². The Labute approximate surface area is 95.8 Å². The van der Waals surface area contributed by atoms with Crippen LogP contribution in [-0.2, 0) is 4.74 Å². The molecule has 0 aliphatic carbocycles. The molecule has 1 N–H and O–H groups in total. The smallest absolute Gasteiger partial charge is 0.0724 e. The molecule has 0 aromatic heterocycles. The summed E-state index contributed by atoms with van der Waals surface area (Å²) < 4.78 is 5.54. The molecule has 0 aromatic carbocycles. The fourth-order valence-corrected chi connectivity index (χ4v) is 2.03. The molecular formula is C13H29NO. The Hall–Kier alpha value is -0.0800. The van der Waals surface area contributed by atoms with Crippen LogP contribution in [0.1, 0.15) is 52.9 Å². The maximum Gasteiger partial charge on any atom is 0.0724 e. The molecule has 2 heteroatoms.